The minimum atomic E-state index is 0.487. The minimum Gasteiger partial charge on any atom is -0.385 e. The molecule has 0 amide bonds. The third-order valence-electron chi connectivity index (χ3n) is 3.24. The summed E-state index contributed by atoms with van der Waals surface area (Å²) in [5.74, 6) is 1.19. The predicted octanol–water partition coefficient (Wildman–Crippen LogP) is 2.68. The maximum atomic E-state index is 5.01. The Morgan fingerprint density at radius 1 is 1.24 bits per heavy atom. The van der Waals surface area contributed by atoms with E-state index in [0.717, 1.165) is 25.3 Å². The second-order valence-corrected chi connectivity index (χ2v) is 4.81. The topological polar surface area (TPSA) is 72.0 Å². The van der Waals surface area contributed by atoms with Crippen molar-refractivity contribution < 1.29 is 4.74 Å². The summed E-state index contributed by atoms with van der Waals surface area (Å²) in [6.07, 6.45) is 2.53. The molecule has 6 heteroatoms. The lowest BCUT2D eigenvalue weighted by Gasteiger charge is -2.10. The molecule has 6 nitrogen and oxygen atoms in total. The number of nitrogens with zero attached hydrogens (tertiary/aromatic N) is 3. The van der Waals surface area contributed by atoms with Crippen LogP contribution in [0.1, 0.15) is 17.5 Å². The Kier molecular flexibility index (Phi) is 5.45. The van der Waals surface area contributed by atoms with E-state index in [2.05, 4.69) is 45.7 Å². The number of aromatic nitrogens is 3. The smallest absolute Gasteiger partial charge is 0.249 e. The van der Waals surface area contributed by atoms with E-state index in [1.165, 1.54) is 11.1 Å². The molecule has 0 unspecified atom stereocenters. The molecule has 1 aromatic heterocycles. The van der Waals surface area contributed by atoms with Crippen LogP contribution in [0.25, 0.3) is 0 Å². The van der Waals surface area contributed by atoms with Gasteiger partial charge in [-0.3, -0.25) is 0 Å². The number of benzene rings is 1. The second-order valence-electron chi connectivity index (χ2n) is 4.81. The molecule has 2 N–H and O–H groups in total. The molecule has 0 spiro atoms. The van der Waals surface area contributed by atoms with Gasteiger partial charge >= 0.3 is 0 Å². The number of hydrogen-bond acceptors (Lipinski definition) is 6. The molecule has 0 radical (unpaired) electrons. The fraction of sp³-hybridized carbons (Fsp3) is 0.400. The van der Waals surface area contributed by atoms with Crippen LogP contribution in [-0.4, -0.2) is 35.4 Å². The summed E-state index contributed by atoms with van der Waals surface area (Å²) in [7, 11) is 1.69. The van der Waals surface area contributed by atoms with Crippen LogP contribution in [0.2, 0.25) is 0 Å². The minimum absolute atomic E-state index is 0.487. The standard InChI is InChI=1S/C15H21N5O/c1-11-6-4-7-13(12(11)2)18-15-19-14(10-17-20-15)16-8-5-9-21-3/h4,6-7,10H,5,8-9H2,1-3H3,(H2,16,18,19,20). The summed E-state index contributed by atoms with van der Waals surface area (Å²) in [6, 6.07) is 6.09. The molecule has 0 atom stereocenters. The number of ether oxygens (including phenoxy) is 1. The lowest BCUT2D eigenvalue weighted by atomic mass is 10.1. The molecule has 0 aliphatic carbocycles. The van der Waals surface area contributed by atoms with Crippen molar-refractivity contribution in [1.29, 1.82) is 0 Å². The third-order valence-corrected chi connectivity index (χ3v) is 3.24. The molecular weight excluding hydrogens is 266 g/mol. The van der Waals surface area contributed by atoms with E-state index in [1.807, 2.05) is 12.1 Å². The summed E-state index contributed by atoms with van der Waals surface area (Å²) < 4.78 is 5.01. The van der Waals surface area contributed by atoms with Crippen molar-refractivity contribution in [1.82, 2.24) is 15.2 Å². The van der Waals surface area contributed by atoms with Crippen molar-refractivity contribution in [3.63, 3.8) is 0 Å². The van der Waals surface area contributed by atoms with Gasteiger partial charge in [0.1, 0.15) is 0 Å². The number of rotatable bonds is 7. The average molecular weight is 287 g/mol. The maximum Gasteiger partial charge on any atom is 0.249 e. The zero-order valence-corrected chi connectivity index (χ0v) is 12.7. The molecule has 1 aromatic carbocycles. The Morgan fingerprint density at radius 2 is 2.10 bits per heavy atom. The van der Waals surface area contributed by atoms with Gasteiger partial charge in [0.2, 0.25) is 5.95 Å². The van der Waals surface area contributed by atoms with Gasteiger partial charge in [0, 0.05) is 25.9 Å². The molecule has 0 bridgehead atoms. The summed E-state index contributed by atoms with van der Waals surface area (Å²) >= 11 is 0. The fourth-order valence-corrected chi connectivity index (χ4v) is 1.88. The quantitative estimate of drug-likeness (QED) is 0.763. The molecule has 0 aliphatic rings. The molecule has 112 valence electrons. The van der Waals surface area contributed by atoms with Crippen molar-refractivity contribution in [2.45, 2.75) is 20.3 Å². The van der Waals surface area contributed by atoms with Crippen molar-refractivity contribution in [3.05, 3.63) is 35.5 Å². The number of anilines is 3. The van der Waals surface area contributed by atoms with Crippen LogP contribution in [0.15, 0.2) is 24.4 Å². The first kappa shape index (κ1) is 15.2. The lowest BCUT2D eigenvalue weighted by Crippen LogP contribution is -2.08. The highest BCUT2D eigenvalue weighted by molar-refractivity contribution is 5.60. The highest BCUT2D eigenvalue weighted by Gasteiger charge is 2.04. The lowest BCUT2D eigenvalue weighted by molar-refractivity contribution is 0.197. The Hall–Kier alpha value is -2.21. The Bertz CT molecular complexity index is 588. The highest BCUT2D eigenvalue weighted by Crippen LogP contribution is 2.20. The van der Waals surface area contributed by atoms with Crippen molar-refractivity contribution >= 4 is 17.5 Å². The van der Waals surface area contributed by atoms with Gasteiger partial charge in [0.15, 0.2) is 5.82 Å². The van der Waals surface area contributed by atoms with Gasteiger partial charge in [-0.25, -0.2) is 0 Å². The summed E-state index contributed by atoms with van der Waals surface area (Å²) in [6.45, 7) is 5.65. The normalized spacial score (nSPS) is 10.4. The Morgan fingerprint density at radius 3 is 2.90 bits per heavy atom. The first-order valence-corrected chi connectivity index (χ1v) is 6.96. The van der Waals surface area contributed by atoms with E-state index in [0.29, 0.717) is 11.8 Å². The third kappa shape index (κ3) is 4.39. The SMILES string of the molecule is COCCCNc1cnnc(Nc2cccc(C)c2C)n1. The molecule has 2 rings (SSSR count). The zero-order valence-electron chi connectivity index (χ0n) is 12.7. The summed E-state index contributed by atoms with van der Waals surface area (Å²) in [5, 5.41) is 14.4. The van der Waals surface area contributed by atoms with Crippen LogP contribution >= 0.6 is 0 Å². The van der Waals surface area contributed by atoms with Gasteiger partial charge in [0.05, 0.1) is 6.20 Å². The number of aryl methyl sites for hydroxylation is 1. The molecule has 0 aliphatic heterocycles. The van der Waals surface area contributed by atoms with E-state index in [-0.39, 0.29) is 0 Å². The first-order chi connectivity index (χ1) is 10.2. The summed E-state index contributed by atoms with van der Waals surface area (Å²) in [5.41, 5.74) is 3.40. The average Bonchev–Trinajstić information content (AvgIpc) is 2.49. The van der Waals surface area contributed by atoms with E-state index in [1.54, 1.807) is 13.3 Å². The molecule has 2 aromatic rings. The van der Waals surface area contributed by atoms with Crippen LogP contribution in [-0.2, 0) is 4.74 Å². The Balaban J connectivity index is 2.02. The molecule has 0 saturated heterocycles. The number of methoxy groups -OCH3 is 1. The van der Waals surface area contributed by atoms with E-state index in [4.69, 9.17) is 4.74 Å². The van der Waals surface area contributed by atoms with Gasteiger partial charge in [-0.05, 0) is 37.5 Å². The van der Waals surface area contributed by atoms with Crippen LogP contribution in [0.3, 0.4) is 0 Å². The van der Waals surface area contributed by atoms with Gasteiger partial charge in [-0.1, -0.05) is 12.1 Å². The molecule has 1 heterocycles. The van der Waals surface area contributed by atoms with Gasteiger partial charge in [0.25, 0.3) is 0 Å². The van der Waals surface area contributed by atoms with Gasteiger partial charge in [-0.2, -0.15) is 10.1 Å². The van der Waals surface area contributed by atoms with Crippen molar-refractivity contribution in [2.24, 2.45) is 0 Å². The van der Waals surface area contributed by atoms with Crippen LogP contribution in [0.5, 0.6) is 0 Å². The largest absolute Gasteiger partial charge is 0.385 e. The molecule has 21 heavy (non-hydrogen) atoms. The first-order valence-electron chi connectivity index (χ1n) is 6.96. The predicted molar refractivity (Wildman–Crippen MR) is 84.0 cm³/mol. The van der Waals surface area contributed by atoms with Crippen molar-refractivity contribution in [2.75, 3.05) is 30.9 Å². The van der Waals surface area contributed by atoms with Crippen LogP contribution in [0, 0.1) is 13.8 Å². The number of hydrogen-bond donors (Lipinski definition) is 2. The van der Waals surface area contributed by atoms with E-state index in [9.17, 15) is 0 Å². The highest BCUT2D eigenvalue weighted by atomic mass is 16.5. The van der Waals surface area contributed by atoms with Crippen molar-refractivity contribution in [3.8, 4) is 0 Å². The second kappa shape index (κ2) is 7.54. The van der Waals surface area contributed by atoms with Crippen LogP contribution in [0.4, 0.5) is 17.5 Å². The van der Waals surface area contributed by atoms with Crippen LogP contribution < -0.4 is 10.6 Å². The molecule has 0 saturated carbocycles. The maximum absolute atomic E-state index is 5.01. The zero-order chi connectivity index (χ0) is 15.1. The number of nitrogens with one attached hydrogen (secondary N) is 2. The van der Waals surface area contributed by atoms with E-state index >= 15 is 0 Å². The van der Waals surface area contributed by atoms with Gasteiger partial charge < -0.3 is 15.4 Å². The fourth-order valence-electron chi connectivity index (χ4n) is 1.88. The summed E-state index contributed by atoms with van der Waals surface area (Å²) in [4.78, 5) is 4.40. The van der Waals surface area contributed by atoms with E-state index < -0.39 is 0 Å². The molecular formula is C15H21N5O. The monoisotopic (exact) mass is 287 g/mol. The Labute approximate surface area is 125 Å². The van der Waals surface area contributed by atoms with Gasteiger partial charge in [-0.15, -0.1) is 5.10 Å². The molecule has 0 fully saturated rings.